The highest BCUT2D eigenvalue weighted by molar-refractivity contribution is 14.0. The molecule has 0 spiro atoms. The van der Waals surface area contributed by atoms with Crippen LogP contribution in [0.15, 0.2) is 29.3 Å². The lowest BCUT2D eigenvalue weighted by Crippen LogP contribution is -2.44. The highest BCUT2D eigenvalue weighted by atomic mass is 127. The number of carbonyl (C=O) groups excluding carboxylic acids is 1. The SMILES string of the molecule is CCNC(=NCC(=O)NCc1ccc(OC)cc1)NC1CCS(=O)(=O)C1.I. The van der Waals surface area contributed by atoms with Crippen molar-refractivity contribution in [1.82, 2.24) is 16.0 Å². The third kappa shape index (κ3) is 8.33. The van der Waals surface area contributed by atoms with Gasteiger partial charge in [0.25, 0.3) is 0 Å². The molecule has 0 aromatic heterocycles. The highest BCUT2D eigenvalue weighted by Crippen LogP contribution is 2.11. The van der Waals surface area contributed by atoms with Crippen LogP contribution in [0.1, 0.15) is 18.9 Å². The molecule has 10 heteroatoms. The molecule has 1 aliphatic rings. The van der Waals surface area contributed by atoms with E-state index in [1.54, 1.807) is 7.11 Å². The fourth-order valence-corrected chi connectivity index (χ4v) is 4.25. The number of nitrogens with zero attached hydrogens (tertiary/aromatic N) is 1. The minimum atomic E-state index is -2.97. The van der Waals surface area contributed by atoms with E-state index in [2.05, 4.69) is 20.9 Å². The van der Waals surface area contributed by atoms with Gasteiger partial charge in [-0.05, 0) is 31.0 Å². The Hall–Kier alpha value is -1.56. The number of halogens is 1. The monoisotopic (exact) mass is 510 g/mol. The molecule has 2 rings (SSSR count). The first kappa shape index (κ1) is 23.5. The Labute approximate surface area is 177 Å². The van der Waals surface area contributed by atoms with E-state index in [-0.39, 0.29) is 54.0 Å². The first-order valence-corrected chi connectivity index (χ1v) is 10.4. The average molecular weight is 510 g/mol. The Morgan fingerprint density at radius 1 is 1.26 bits per heavy atom. The van der Waals surface area contributed by atoms with Crippen LogP contribution in [0.4, 0.5) is 0 Å². The smallest absolute Gasteiger partial charge is 0.242 e. The summed E-state index contributed by atoms with van der Waals surface area (Å²) in [6, 6.07) is 7.27. The number of aliphatic imine (C=N–C) groups is 1. The van der Waals surface area contributed by atoms with Gasteiger partial charge in [0.15, 0.2) is 15.8 Å². The Kier molecular flexibility index (Phi) is 9.84. The molecule has 1 atom stereocenters. The largest absolute Gasteiger partial charge is 0.497 e. The Morgan fingerprint density at radius 2 is 1.96 bits per heavy atom. The summed E-state index contributed by atoms with van der Waals surface area (Å²) in [5.41, 5.74) is 0.962. The number of amides is 1. The second-order valence-electron chi connectivity index (χ2n) is 6.06. The van der Waals surface area contributed by atoms with E-state index >= 15 is 0 Å². The van der Waals surface area contributed by atoms with Gasteiger partial charge < -0.3 is 20.7 Å². The van der Waals surface area contributed by atoms with Gasteiger partial charge in [-0.15, -0.1) is 24.0 Å². The molecule has 1 amide bonds. The molecule has 1 heterocycles. The van der Waals surface area contributed by atoms with E-state index in [4.69, 9.17) is 4.74 Å². The predicted octanol–water partition coefficient (Wildman–Crippen LogP) is 0.672. The van der Waals surface area contributed by atoms with Crippen LogP contribution in [0.5, 0.6) is 5.75 Å². The lowest BCUT2D eigenvalue weighted by atomic mass is 10.2. The molecule has 8 nitrogen and oxygen atoms in total. The van der Waals surface area contributed by atoms with Crippen LogP contribution in [0.3, 0.4) is 0 Å². The summed E-state index contributed by atoms with van der Waals surface area (Å²) in [7, 11) is -1.36. The van der Waals surface area contributed by atoms with E-state index in [9.17, 15) is 13.2 Å². The Bertz CT molecular complexity index is 738. The molecule has 0 bridgehead atoms. The Balaban J connectivity index is 0.00000364. The number of methoxy groups -OCH3 is 1. The van der Waals surface area contributed by atoms with Crippen LogP contribution >= 0.6 is 24.0 Å². The molecule has 0 aliphatic carbocycles. The molecule has 27 heavy (non-hydrogen) atoms. The third-order valence-corrected chi connectivity index (χ3v) is 5.71. The van der Waals surface area contributed by atoms with Crippen molar-refractivity contribution in [3.05, 3.63) is 29.8 Å². The summed E-state index contributed by atoms with van der Waals surface area (Å²) in [4.78, 5) is 16.2. The van der Waals surface area contributed by atoms with Crippen molar-refractivity contribution in [2.75, 3.05) is 31.7 Å². The van der Waals surface area contributed by atoms with Crippen LogP contribution in [-0.2, 0) is 21.2 Å². The van der Waals surface area contributed by atoms with Crippen LogP contribution in [0.2, 0.25) is 0 Å². The fourth-order valence-electron chi connectivity index (χ4n) is 2.57. The summed E-state index contributed by atoms with van der Waals surface area (Å²) < 4.78 is 28.2. The first-order chi connectivity index (χ1) is 12.4. The van der Waals surface area contributed by atoms with Crippen molar-refractivity contribution in [1.29, 1.82) is 0 Å². The van der Waals surface area contributed by atoms with Gasteiger partial charge in [-0.25, -0.2) is 13.4 Å². The van der Waals surface area contributed by atoms with Crippen molar-refractivity contribution in [3.63, 3.8) is 0 Å². The van der Waals surface area contributed by atoms with E-state index in [0.717, 1.165) is 11.3 Å². The zero-order valence-corrected chi connectivity index (χ0v) is 18.7. The molecule has 1 fully saturated rings. The summed E-state index contributed by atoms with van der Waals surface area (Å²) in [5.74, 6) is 1.29. The van der Waals surface area contributed by atoms with Gasteiger partial charge in [0, 0.05) is 19.1 Å². The topological polar surface area (TPSA) is 109 Å². The number of carbonyl (C=O) groups is 1. The number of guanidine groups is 1. The number of nitrogens with one attached hydrogen (secondary N) is 3. The zero-order chi connectivity index (χ0) is 19.0. The fraction of sp³-hybridized carbons (Fsp3) is 0.529. The summed E-state index contributed by atoms with van der Waals surface area (Å²) in [5, 5.41) is 8.91. The molecule has 1 saturated heterocycles. The van der Waals surface area contributed by atoms with Gasteiger partial charge in [0.05, 0.1) is 18.6 Å². The molecule has 0 radical (unpaired) electrons. The minimum absolute atomic E-state index is 0. The number of sulfone groups is 1. The maximum Gasteiger partial charge on any atom is 0.242 e. The number of hydrogen-bond acceptors (Lipinski definition) is 5. The van der Waals surface area contributed by atoms with E-state index in [1.807, 2.05) is 31.2 Å². The maximum atomic E-state index is 12.0. The van der Waals surface area contributed by atoms with Gasteiger partial charge in [0.2, 0.25) is 5.91 Å². The van der Waals surface area contributed by atoms with Gasteiger partial charge >= 0.3 is 0 Å². The van der Waals surface area contributed by atoms with Crippen LogP contribution in [0, 0.1) is 0 Å². The van der Waals surface area contributed by atoms with Crippen LogP contribution in [-0.4, -0.2) is 58.0 Å². The minimum Gasteiger partial charge on any atom is -0.497 e. The van der Waals surface area contributed by atoms with Crippen molar-refractivity contribution in [2.24, 2.45) is 4.99 Å². The predicted molar refractivity (Wildman–Crippen MR) is 116 cm³/mol. The summed E-state index contributed by atoms with van der Waals surface area (Å²) >= 11 is 0. The van der Waals surface area contributed by atoms with Gasteiger partial charge in [-0.2, -0.15) is 0 Å². The normalized spacial score (nSPS) is 18.3. The number of benzene rings is 1. The molecule has 1 aromatic carbocycles. The lowest BCUT2D eigenvalue weighted by molar-refractivity contribution is -0.119. The first-order valence-electron chi connectivity index (χ1n) is 8.56. The summed E-state index contributed by atoms with van der Waals surface area (Å²) in [6.45, 7) is 2.90. The lowest BCUT2D eigenvalue weighted by Gasteiger charge is -2.15. The number of hydrogen-bond donors (Lipinski definition) is 3. The van der Waals surface area contributed by atoms with Crippen LogP contribution in [0.25, 0.3) is 0 Å². The van der Waals surface area contributed by atoms with Gasteiger partial charge in [0.1, 0.15) is 12.3 Å². The second-order valence-corrected chi connectivity index (χ2v) is 8.29. The average Bonchev–Trinajstić information content (AvgIpc) is 2.97. The van der Waals surface area contributed by atoms with Crippen molar-refractivity contribution < 1.29 is 17.9 Å². The van der Waals surface area contributed by atoms with E-state index in [0.29, 0.717) is 25.5 Å². The van der Waals surface area contributed by atoms with Crippen molar-refractivity contribution >= 4 is 45.7 Å². The molecule has 152 valence electrons. The molecule has 1 aliphatic heterocycles. The number of ether oxygens (including phenoxy) is 1. The van der Waals surface area contributed by atoms with Crippen molar-refractivity contribution in [3.8, 4) is 5.75 Å². The van der Waals surface area contributed by atoms with Crippen LogP contribution < -0.4 is 20.7 Å². The third-order valence-electron chi connectivity index (χ3n) is 3.95. The second kappa shape index (κ2) is 11.3. The summed E-state index contributed by atoms with van der Waals surface area (Å²) in [6.07, 6.45) is 0.552. The van der Waals surface area contributed by atoms with Gasteiger partial charge in [-0.3, -0.25) is 4.79 Å². The van der Waals surface area contributed by atoms with Gasteiger partial charge in [-0.1, -0.05) is 12.1 Å². The molecular weight excluding hydrogens is 483 g/mol. The molecule has 1 unspecified atom stereocenters. The maximum absolute atomic E-state index is 12.0. The van der Waals surface area contributed by atoms with E-state index < -0.39 is 9.84 Å². The molecule has 0 saturated carbocycles. The Morgan fingerprint density at radius 3 is 2.52 bits per heavy atom. The quantitative estimate of drug-likeness (QED) is 0.283. The highest BCUT2D eigenvalue weighted by Gasteiger charge is 2.28. The molecule has 3 N–H and O–H groups in total. The number of rotatable bonds is 7. The van der Waals surface area contributed by atoms with Crippen molar-refractivity contribution in [2.45, 2.75) is 25.9 Å². The zero-order valence-electron chi connectivity index (χ0n) is 15.5. The van der Waals surface area contributed by atoms with E-state index in [1.165, 1.54) is 0 Å². The standard InChI is InChI=1S/C17H26N4O4S.HI/c1-3-18-17(21-14-8-9-26(23,24)12-14)20-11-16(22)19-10-13-4-6-15(25-2)7-5-13;/h4-7,14H,3,8-12H2,1-2H3,(H,19,22)(H2,18,20,21);1H. The molecular formula is C17H27IN4O4S. The molecule has 1 aromatic rings.